The number of hydrogen-bond donors (Lipinski definition) is 1. The maximum atomic E-state index is 12.9. The largest absolute Gasteiger partial charge is 0.416 e. The van der Waals surface area contributed by atoms with Crippen LogP contribution in [0.2, 0.25) is 0 Å². The van der Waals surface area contributed by atoms with Crippen molar-refractivity contribution >= 4 is 16.4 Å². The Bertz CT molecular complexity index is 1030. The van der Waals surface area contributed by atoms with E-state index in [1.807, 2.05) is 0 Å². The summed E-state index contributed by atoms with van der Waals surface area (Å²) in [5.41, 5.74) is 0.128. The Morgan fingerprint density at radius 1 is 1.12 bits per heavy atom. The molecule has 1 fully saturated rings. The Hall–Kier alpha value is -2.47. The van der Waals surface area contributed by atoms with E-state index >= 15 is 0 Å². The zero-order valence-corrected chi connectivity index (χ0v) is 18.5. The number of carbonyl (C=O) groups is 1. The summed E-state index contributed by atoms with van der Waals surface area (Å²) < 4.78 is 71.4. The lowest BCUT2D eigenvalue weighted by molar-refractivity contribution is -0.159. The molecule has 1 unspecified atom stereocenters. The Morgan fingerprint density at radius 3 is 2.39 bits per heavy atom. The number of benzene rings is 2. The van der Waals surface area contributed by atoms with Crippen LogP contribution < -0.4 is 0 Å². The SMILES string of the molecule is O=CN(O)C(CS(=O)(=O)N1CCC(OCc2cccc(C(F)(F)F)c2)CC1)c1ccccc1. The van der Waals surface area contributed by atoms with Crippen LogP contribution in [0.25, 0.3) is 0 Å². The standard InChI is InChI=1S/C22H25F3N2O5S/c23-22(24,25)19-8-4-5-17(13-19)14-32-20-9-11-26(12-10-20)33(30,31)15-21(27(29)16-28)18-6-2-1-3-7-18/h1-8,13,16,20-21,29H,9-12,14-15H2. The van der Waals surface area contributed by atoms with Gasteiger partial charge < -0.3 is 4.74 Å². The summed E-state index contributed by atoms with van der Waals surface area (Å²) in [5, 5.41) is 10.3. The van der Waals surface area contributed by atoms with E-state index in [0.29, 0.717) is 29.0 Å². The van der Waals surface area contributed by atoms with Crippen LogP contribution in [0.1, 0.15) is 35.6 Å². The highest BCUT2D eigenvalue weighted by atomic mass is 32.2. The first kappa shape index (κ1) is 25.2. The maximum Gasteiger partial charge on any atom is 0.416 e. The van der Waals surface area contributed by atoms with Crippen molar-refractivity contribution in [1.82, 2.24) is 9.37 Å². The Balaban J connectivity index is 1.57. The molecule has 7 nitrogen and oxygen atoms in total. The molecule has 0 aromatic heterocycles. The quantitative estimate of drug-likeness (QED) is 0.333. The number of alkyl halides is 3. The molecular formula is C22H25F3N2O5S. The fourth-order valence-electron chi connectivity index (χ4n) is 3.71. The first-order valence-corrected chi connectivity index (χ1v) is 11.9. The van der Waals surface area contributed by atoms with E-state index in [1.165, 1.54) is 10.4 Å². The van der Waals surface area contributed by atoms with Gasteiger partial charge in [0, 0.05) is 13.1 Å². The van der Waals surface area contributed by atoms with Crippen molar-refractivity contribution in [3.05, 3.63) is 71.3 Å². The molecule has 2 aromatic carbocycles. The van der Waals surface area contributed by atoms with Crippen molar-refractivity contribution in [3.63, 3.8) is 0 Å². The molecule has 0 spiro atoms. The van der Waals surface area contributed by atoms with Crippen molar-refractivity contribution in [2.24, 2.45) is 0 Å². The molecule has 180 valence electrons. The molecule has 1 N–H and O–H groups in total. The second kappa shape index (κ2) is 10.6. The van der Waals surface area contributed by atoms with Crippen LogP contribution in [0.4, 0.5) is 13.2 Å². The molecule has 1 heterocycles. The van der Waals surface area contributed by atoms with Crippen molar-refractivity contribution < 1.29 is 36.3 Å². The van der Waals surface area contributed by atoms with Crippen molar-refractivity contribution in [3.8, 4) is 0 Å². The number of rotatable bonds is 9. The van der Waals surface area contributed by atoms with Crippen LogP contribution in [0.5, 0.6) is 0 Å². The Kier molecular flexibility index (Phi) is 8.11. The van der Waals surface area contributed by atoms with E-state index < -0.39 is 33.6 Å². The minimum Gasteiger partial charge on any atom is -0.373 e. The number of nitrogens with zero attached hydrogens (tertiary/aromatic N) is 2. The van der Waals surface area contributed by atoms with E-state index in [9.17, 15) is 31.6 Å². The highest BCUT2D eigenvalue weighted by Gasteiger charge is 2.33. The van der Waals surface area contributed by atoms with E-state index in [1.54, 1.807) is 36.4 Å². The average Bonchev–Trinajstić information content (AvgIpc) is 2.81. The van der Waals surface area contributed by atoms with Crippen molar-refractivity contribution in [2.75, 3.05) is 18.8 Å². The normalized spacial score (nSPS) is 17.0. The summed E-state index contributed by atoms with van der Waals surface area (Å²) in [5.74, 6) is -0.484. The van der Waals surface area contributed by atoms with Gasteiger partial charge in [0.05, 0.1) is 30.1 Å². The van der Waals surface area contributed by atoms with E-state index in [-0.39, 0.29) is 32.2 Å². The monoisotopic (exact) mass is 486 g/mol. The zero-order valence-electron chi connectivity index (χ0n) is 17.7. The summed E-state index contributed by atoms with van der Waals surface area (Å²) in [6, 6.07) is 12.2. The van der Waals surface area contributed by atoms with Crippen LogP contribution in [-0.4, -0.2) is 54.3 Å². The van der Waals surface area contributed by atoms with Gasteiger partial charge in [-0.15, -0.1) is 0 Å². The lowest BCUT2D eigenvalue weighted by Gasteiger charge is -2.33. The molecule has 1 aliphatic rings. The number of halogens is 3. The first-order valence-electron chi connectivity index (χ1n) is 10.3. The Labute approximate surface area is 190 Å². The molecule has 1 saturated heterocycles. The van der Waals surface area contributed by atoms with Gasteiger partial charge in [-0.05, 0) is 36.1 Å². The molecule has 0 bridgehead atoms. The molecule has 0 aliphatic carbocycles. The van der Waals surface area contributed by atoms with E-state index in [4.69, 9.17) is 4.74 Å². The van der Waals surface area contributed by atoms with Crippen molar-refractivity contribution in [1.29, 1.82) is 0 Å². The van der Waals surface area contributed by atoms with Crippen molar-refractivity contribution in [2.45, 2.75) is 37.8 Å². The molecule has 0 saturated carbocycles. The number of ether oxygens (including phenoxy) is 1. The van der Waals surface area contributed by atoms with Crippen LogP contribution in [0, 0.1) is 0 Å². The van der Waals surface area contributed by atoms with Crippen LogP contribution >= 0.6 is 0 Å². The minimum atomic E-state index is -4.43. The van der Waals surface area contributed by atoms with Gasteiger partial charge in [-0.3, -0.25) is 10.0 Å². The highest BCUT2D eigenvalue weighted by Crippen LogP contribution is 2.30. The average molecular weight is 487 g/mol. The van der Waals surface area contributed by atoms with Crippen LogP contribution in [-0.2, 0) is 32.3 Å². The molecule has 3 rings (SSSR count). The molecular weight excluding hydrogens is 461 g/mol. The van der Waals surface area contributed by atoms with Gasteiger partial charge in [-0.1, -0.05) is 42.5 Å². The third-order valence-electron chi connectivity index (χ3n) is 5.51. The smallest absolute Gasteiger partial charge is 0.373 e. The summed E-state index contributed by atoms with van der Waals surface area (Å²) in [4.78, 5) is 11.1. The second-order valence-corrected chi connectivity index (χ2v) is 9.81. The van der Waals surface area contributed by atoms with Gasteiger partial charge in [-0.2, -0.15) is 13.2 Å². The predicted molar refractivity (Wildman–Crippen MR) is 113 cm³/mol. The van der Waals surface area contributed by atoms with Gasteiger partial charge in [0.25, 0.3) is 0 Å². The minimum absolute atomic E-state index is 0.00375. The number of hydroxylamine groups is 2. The zero-order chi connectivity index (χ0) is 24.1. The van der Waals surface area contributed by atoms with Gasteiger partial charge in [0.1, 0.15) is 0 Å². The van der Waals surface area contributed by atoms with Gasteiger partial charge >= 0.3 is 6.18 Å². The number of carbonyl (C=O) groups excluding carboxylic acids is 1. The summed E-state index contributed by atoms with van der Waals surface area (Å²) >= 11 is 0. The third kappa shape index (κ3) is 6.76. The fourth-order valence-corrected chi connectivity index (χ4v) is 5.43. The highest BCUT2D eigenvalue weighted by molar-refractivity contribution is 7.89. The lowest BCUT2D eigenvalue weighted by atomic mass is 10.1. The second-order valence-electron chi connectivity index (χ2n) is 7.80. The van der Waals surface area contributed by atoms with E-state index in [0.717, 1.165) is 12.1 Å². The number of hydrogen-bond acceptors (Lipinski definition) is 5. The third-order valence-corrected chi connectivity index (χ3v) is 7.40. The summed E-state index contributed by atoms with van der Waals surface area (Å²) in [6.45, 7) is 0.337. The Morgan fingerprint density at radius 2 is 1.79 bits per heavy atom. The van der Waals surface area contributed by atoms with Gasteiger partial charge in [0.15, 0.2) is 0 Å². The lowest BCUT2D eigenvalue weighted by Crippen LogP contribution is -2.44. The van der Waals surface area contributed by atoms with Gasteiger partial charge in [0.2, 0.25) is 16.4 Å². The summed E-state index contributed by atoms with van der Waals surface area (Å²) in [6.07, 6.45) is -3.79. The molecule has 11 heteroatoms. The predicted octanol–water partition coefficient (Wildman–Crippen LogP) is 3.61. The molecule has 2 aromatic rings. The topological polar surface area (TPSA) is 87.2 Å². The maximum absolute atomic E-state index is 12.9. The molecule has 1 amide bonds. The van der Waals surface area contributed by atoms with Crippen LogP contribution in [0.3, 0.4) is 0 Å². The molecule has 33 heavy (non-hydrogen) atoms. The van der Waals surface area contributed by atoms with E-state index in [2.05, 4.69) is 0 Å². The number of piperidine rings is 1. The molecule has 1 aliphatic heterocycles. The van der Waals surface area contributed by atoms with Gasteiger partial charge in [-0.25, -0.2) is 17.8 Å². The fraction of sp³-hybridized carbons (Fsp3) is 0.409. The first-order chi connectivity index (χ1) is 15.6. The molecule has 1 atom stereocenters. The number of amides is 1. The number of sulfonamides is 1. The molecule has 0 radical (unpaired) electrons. The summed E-state index contributed by atoms with van der Waals surface area (Å²) in [7, 11) is -3.81. The van der Waals surface area contributed by atoms with Crippen LogP contribution in [0.15, 0.2) is 54.6 Å².